The van der Waals surface area contributed by atoms with Gasteiger partial charge >= 0.3 is 0 Å². The van der Waals surface area contributed by atoms with Crippen molar-refractivity contribution in [2.24, 2.45) is 0 Å². The van der Waals surface area contributed by atoms with Gasteiger partial charge in [0.15, 0.2) is 11.9 Å². The maximum Gasteiger partial charge on any atom is 0.268 e. The molecule has 1 unspecified atom stereocenters. The number of fused-ring (bicyclic) bond motifs is 1. The molecule has 0 N–H and O–H groups in total. The lowest BCUT2D eigenvalue weighted by Crippen LogP contribution is -2.53. The Kier molecular flexibility index (Phi) is 7.08. The number of ether oxygens (including phenoxy) is 1. The van der Waals surface area contributed by atoms with Crippen LogP contribution in [0.2, 0.25) is 0 Å². The minimum Gasteiger partial charge on any atom is -0.479 e. The molecule has 0 spiro atoms. The van der Waals surface area contributed by atoms with Gasteiger partial charge < -0.3 is 9.64 Å². The number of carbonyl (C=O) groups is 3. The fourth-order valence-corrected chi connectivity index (χ4v) is 4.35. The van der Waals surface area contributed by atoms with E-state index in [1.807, 2.05) is 30.0 Å². The summed E-state index contributed by atoms with van der Waals surface area (Å²) in [5, 5.41) is 0. The topological polar surface area (TPSA) is 70.2 Å². The van der Waals surface area contributed by atoms with E-state index in [2.05, 4.69) is 17.0 Å². The third kappa shape index (κ3) is 5.25. The lowest BCUT2D eigenvalue weighted by Gasteiger charge is -2.37. The van der Waals surface area contributed by atoms with Crippen molar-refractivity contribution in [3.63, 3.8) is 0 Å². The Balaban J connectivity index is 1.43. The second-order valence-corrected chi connectivity index (χ2v) is 8.68. The highest BCUT2D eigenvalue weighted by Crippen LogP contribution is 2.35. The third-order valence-electron chi connectivity index (χ3n) is 6.23. The van der Waals surface area contributed by atoms with Crippen LogP contribution >= 0.6 is 0 Å². The van der Waals surface area contributed by atoms with Crippen LogP contribution in [-0.2, 0) is 16.1 Å². The van der Waals surface area contributed by atoms with Gasteiger partial charge in [0, 0.05) is 44.7 Å². The number of ketones is 1. The summed E-state index contributed by atoms with van der Waals surface area (Å²) >= 11 is 0. The van der Waals surface area contributed by atoms with Crippen molar-refractivity contribution in [3.8, 4) is 5.75 Å². The van der Waals surface area contributed by atoms with Gasteiger partial charge in [-0.2, -0.15) is 0 Å². The average Bonchev–Trinajstić information content (AvgIpc) is 2.83. The Bertz CT molecular complexity index is 1020. The summed E-state index contributed by atoms with van der Waals surface area (Å²) in [5.74, 6) is 0.189. The summed E-state index contributed by atoms with van der Waals surface area (Å²) in [6.45, 7) is 7.29. The first-order chi connectivity index (χ1) is 16.0. The molecule has 0 aromatic heterocycles. The molecule has 1 atom stereocenters. The highest BCUT2D eigenvalue weighted by Gasteiger charge is 2.34. The molecule has 7 heteroatoms. The van der Waals surface area contributed by atoms with Gasteiger partial charge in [-0.1, -0.05) is 37.3 Å². The van der Waals surface area contributed by atoms with Gasteiger partial charge in [-0.3, -0.25) is 24.2 Å². The number of hydrogen-bond donors (Lipinski definition) is 0. The number of hydrogen-bond acceptors (Lipinski definition) is 5. The molecule has 2 amide bonds. The maximum atomic E-state index is 13.1. The minimum atomic E-state index is -0.676. The van der Waals surface area contributed by atoms with Gasteiger partial charge in [-0.05, 0) is 37.1 Å². The van der Waals surface area contributed by atoms with E-state index in [0.717, 1.165) is 26.1 Å². The van der Waals surface area contributed by atoms with E-state index in [4.69, 9.17) is 4.74 Å². The van der Waals surface area contributed by atoms with E-state index in [1.165, 1.54) is 10.5 Å². The smallest absolute Gasteiger partial charge is 0.268 e. The molecule has 174 valence electrons. The molecule has 2 aliphatic rings. The minimum absolute atomic E-state index is 0.0205. The molecule has 2 aliphatic heterocycles. The summed E-state index contributed by atoms with van der Waals surface area (Å²) in [6, 6.07) is 15.4. The van der Waals surface area contributed by atoms with Crippen LogP contribution in [-0.4, -0.2) is 66.2 Å². The molecule has 0 bridgehead atoms. The monoisotopic (exact) mass is 449 g/mol. The second kappa shape index (κ2) is 10.2. The normalized spacial score (nSPS) is 18.6. The van der Waals surface area contributed by atoms with E-state index >= 15 is 0 Å². The zero-order valence-corrected chi connectivity index (χ0v) is 19.3. The molecule has 1 fully saturated rings. The molecule has 0 radical (unpaired) electrons. The maximum absolute atomic E-state index is 13.1. The second-order valence-electron chi connectivity index (χ2n) is 8.68. The number of piperazine rings is 1. The van der Waals surface area contributed by atoms with Gasteiger partial charge in [0.1, 0.15) is 12.3 Å². The van der Waals surface area contributed by atoms with E-state index < -0.39 is 6.10 Å². The lowest BCUT2D eigenvalue weighted by molar-refractivity contribution is -0.134. The number of rotatable bonds is 7. The van der Waals surface area contributed by atoms with Crippen LogP contribution in [0, 0.1) is 0 Å². The Labute approximate surface area is 194 Å². The first kappa shape index (κ1) is 23.0. The molecule has 7 nitrogen and oxygen atoms in total. The molecular weight excluding hydrogens is 418 g/mol. The summed E-state index contributed by atoms with van der Waals surface area (Å²) in [6.07, 6.45) is 0.516. The van der Waals surface area contributed by atoms with Crippen molar-refractivity contribution in [2.75, 3.05) is 37.6 Å². The fourth-order valence-electron chi connectivity index (χ4n) is 4.35. The number of benzene rings is 2. The van der Waals surface area contributed by atoms with Crippen LogP contribution < -0.4 is 9.64 Å². The van der Waals surface area contributed by atoms with Gasteiger partial charge in [-0.15, -0.1) is 0 Å². The molecule has 2 aromatic rings. The highest BCUT2D eigenvalue weighted by molar-refractivity contribution is 6.05. The van der Waals surface area contributed by atoms with E-state index in [1.54, 1.807) is 25.1 Å². The fraction of sp³-hybridized carbons (Fsp3) is 0.423. The van der Waals surface area contributed by atoms with Crippen molar-refractivity contribution in [1.82, 2.24) is 9.80 Å². The van der Waals surface area contributed by atoms with Crippen LogP contribution in [0.25, 0.3) is 0 Å². The number of anilines is 1. The predicted octanol–water partition coefficient (Wildman–Crippen LogP) is 3.13. The van der Waals surface area contributed by atoms with E-state index in [0.29, 0.717) is 36.5 Å². The van der Waals surface area contributed by atoms with Crippen LogP contribution in [0.15, 0.2) is 48.5 Å². The molecular formula is C26H31N3O4. The van der Waals surface area contributed by atoms with Crippen LogP contribution in [0.4, 0.5) is 5.69 Å². The van der Waals surface area contributed by atoms with Gasteiger partial charge in [0.05, 0.1) is 5.69 Å². The van der Waals surface area contributed by atoms with E-state index in [-0.39, 0.29) is 24.1 Å². The number of carbonyl (C=O) groups excluding carboxylic acids is 3. The van der Waals surface area contributed by atoms with E-state index in [9.17, 15) is 14.4 Å². The SMILES string of the molecule is CCCC(=O)c1ccc2c(c1)N(CC(=O)N1CCN(Cc3ccccc3)CC1)C(=O)C(C)O2. The molecule has 4 rings (SSSR count). The predicted molar refractivity (Wildman–Crippen MR) is 126 cm³/mol. The Morgan fingerprint density at radius 3 is 2.45 bits per heavy atom. The van der Waals surface area contributed by atoms with Crippen LogP contribution in [0.5, 0.6) is 5.75 Å². The molecule has 2 aromatic carbocycles. The van der Waals surface area contributed by atoms with Crippen molar-refractivity contribution < 1.29 is 19.1 Å². The quantitative estimate of drug-likeness (QED) is 0.608. The molecule has 33 heavy (non-hydrogen) atoms. The molecule has 0 saturated carbocycles. The summed E-state index contributed by atoms with van der Waals surface area (Å²) in [5.41, 5.74) is 2.29. The van der Waals surface area contributed by atoms with Crippen LogP contribution in [0.1, 0.15) is 42.6 Å². The third-order valence-corrected chi connectivity index (χ3v) is 6.23. The summed E-state index contributed by atoms with van der Waals surface area (Å²) < 4.78 is 5.73. The average molecular weight is 450 g/mol. The number of Topliss-reactive ketones (excluding diaryl/α,β-unsaturated/α-hetero) is 1. The largest absolute Gasteiger partial charge is 0.479 e. The van der Waals surface area contributed by atoms with Gasteiger partial charge in [0.2, 0.25) is 5.91 Å². The first-order valence-corrected chi connectivity index (χ1v) is 11.7. The Morgan fingerprint density at radius 1 is 1.03 bits per heavy atom. The van der Waals surface area contributed by atoms with Crippen molar-refractivity contribution in [2.45, 2.75) is 39.3 Å². The standard InChI is InChI=1S/C26H31N3O4/c1-3-7-23(30)21-10-11-24-22(16-21)29(26(32)19(2)33-24)18-25(31)28-14-12-27(13-15-28)17-20-8-5-4-6-9-20/h4-6,8-11,16,19H,3,7,12-15,17-18H2,1-2H3. The molecule has 2 heterocycles. The first-order valence-electron chi connectivity index (χ1n) is 11.7. The van der Waals surface area contributed by atoms with Crippen molar-refractivity contribution in [3.05, 3.63) is 59.7 Å². The number of nitrogens with zero attached hydrogens (tertiary/aromatic N) is 3. The van der Waals surface area contributed by atoms with Gasteiger partial charge in [-0.25, -0.2) is 0 Å². The zero-order chi connectivity index (χ0) is 23.4. The van der Waals surface area contributed by atoms with Crippen molar-refractivity contribution in [1.29, 1.82) is 0 Å². The zero-order valence-electron chi connectivity index (χ0n) is 19.3. The molecule has 0 aliphatic carbocycles. The summed E-state index contributed by atoms with van der Waals surface area (Å²) in [7, 11) is 0. The number of amides is 2. The Morgan fingerprint density at radius 2 is 1.76 bits per heavy atom. The lowest BCUT2D eigenvalue weighted by atomic mass is 10.0. The van der Waals surface area contributed by atoms with Gasteiger partial charge in [0.25, 0.3) is 5.91 Å². The van der Waals surface area contributed by atoms with Crippen molar-refractivity contribution >= 4 is 23.3 Å². The molecule has 1 saturated heterocycles. The summed E-state index contributed by atoms with van der Waals surface area (Å²) in [4.78, 5) is 44.0. The van der Waals surface area contributed by atoms with Crippen LogP contribution in [0.3, 0.4) is 0 Å². The highest BCUT2D eigenvalue weighted by atomic mass is 16.5. The Hall–Kier alpha value is -3.19.